The Morgan fingerprint density at radius 3 is 2.65 bits per heavy atom. The van der Waals surface area contributed by atoms with Gasteiger partial charge in [0.2, 0.25) is 5.91 Å². The van der Waals surface area contributed by atoms with E-state index in [0.717, 1.165) is 16.8 Å². The standard InChI is InChI=1S/C21H18N2O3/c24-19-12-16-8-4-5-9-18(16)23(19)14-17-10-11-26-20(17)21(25)22-13-15-6-2-1-3-7-15/h1-11H,12-14H2,(H,22,25). The number of anilines is 1. The summed E-state index contributed by atoms with van der Waals surface area (Å²) in [4.78, 5) is 26.5. The molecular weight excluding hydrogens is 328 g/mol. The zero-order chi connectivity index (χ0) is 17.9. The van der Waals surface area contributed by atoms with Crippen molar-refractivity contribution in [3.8, 4) is 0 Å². The van der Waals surface area contributed by atoms with Gasteiger partial charge in [-0.3, -0.25) is 9.59 Å². The maximum atomic E-state index is 12.5. The first kappa shape index (κ1) is 16.1. The Morgan fingerprint density at radius 1 is 1.04 bits per heavy atom. The number of hydrogen-bond donors (Lipinski definition) is 1. The molecule has 4 rings (SSSR count). The first-order valence-electron chi connectivity index (χ1n) is 8.49. The lowest BCUT2D eigenvalue weighted by Gasteiger charge is -2.17. The van der Waals surface area contributed by atoms with Crippen molar-refractivity contribution in [3.05, 3.63) is 89.4 Å². The number of benzene rings is 2. The monoisotopic (exact) mass is 346 g/mol. The Balaban J connectivity index is 1.49. The third-order valence-corrected chi connectivity index (χ3v) is 4.50. The van der Waals surface area contributed by atoms with E-state index in [0.29, 0.717) is 25.1 Å². The van der Waals surface area contributed by atoms with Crippen LogP contribution in [0.1, 0.15) is 27.2 Å². The minimum atomic E-state index is -0.284. The van der Waals surface area contributed by atoms with Crippen LogP contribution >= 0.6 is 0 Å². The zero-order valence-corrected chi connectivity index (χ0v) is 14.1. The summed E-state index contributed by atoms with van der Waals surface area (Å²) in [7, 11) is 0. The number of furan rings is 1. The SMILES string of the molecule is O=C(NCc1ccccc1)c1occc1CN1C(=O)Cc2ccccc21. The molecule has 0 unspecified atom stereocenters. The van der Waals surface area contributed by atoms with Crippen LogP contribution in [0.15, 0.2) is 71.3 Å². The molecule has 0 fully saturated rings. The third kappa shape index (κ3) is 3.11. The number of nitrogens with zero attached hydrogens (tertiary/aromatic N) is 1. The van der Waals surface area contributed by atoms with Crippen LogP contribution in [-0.2, 0) is 24.3 Å². The van der Waals surface area contributed by atoms with Gasteiger partial charge in [0.1, 0.15) is 0 Å². The lowest BCUT2D eigenvalue weighted by Crippen LogP contribution is -2.28. The van der Waals surface area contributed by atoms with Crippen LogP contribution in [0.25, 0.3) is 0 Å². The maximum Gasteiger partial charge on any atom is 0.287 e. The van der Waals surface area contributed by atoms with E-state index in [1.54, 1.807) is 11.0 Å². The molecule has 26 heavy (non-hydrogen) atoms. The number of amides is 2. The van der Waals surface area contributed by atoms with E-state index in [4.69, 9.17) is 4.42 Å². The molecule has 1 aliphatic heterocycles. The first-order valence-corrected chi connectivity index (χ1v) is 8.49. The molecule has 0 saturated heterocycles. The second-order valence-corrected chi connectivity index (χ2v) is 6.23. The maximum absolute atomic E-state index is 12.5. The van der Waals surface area contributed by atoms with Gasteiger partial charge in [0.15, 0.2) is 5.76 Å². The summed E-state index contributed by atoms with van der Waals surface area (Å²) in [6.45, 7) is 0.742. The number of carbonyl (C=O) groups excluding carboxylic acids is 2. The molecule has 3 aromatic rings. The lowest BCUT2D eigenvalue weighted by atomic mass is 10.1. The Labute approximate surface area is 151 Å². The Morgan fingerprint density at radius 2 is 1.81 bits per heavy atom. The Hall–Kier alpha value is -3.34. The normalized spacial score (nSPS) is 12.9. The van der Waals surface area contributed by atoms with E-state index in [-0.39, 0.29) is 17.6 Å². The fourth-order valence-corrected chi connectivity index (χ4v) is 3.18. The van der Waals surface area contributed by atoms with E-state index in [9.17, 15) is 9.59 Å². The van der Waals surface area contributed by atoms with Gasteiger partial charge >= 0.3 is 0 Å². The quantitative estimate of drug-likeness (QED) is 0.771. The second kappa shape index (κ2) is 6.88. The highest BCUT2D eigenvalue weighted by molar-refractivity contribution is 6.01. The van der Waals surface area contributed by atoms with E-state index < -0.39 is 0 Å². The van der Waals surface area contributed by atoms with Crippen molar-refractivity contribution >= 4 is 17.5 Å². The highest BCUT2D eigenvalue weighted by Crippen LogP contribution is 2.30. The summed E-state index contributed by atoms with van der Waals surface area (Å²) in [6, 6.07) is 19.1. The average molecular weight is 346 g/mol. The molecule has 2 aromatic carbocycles. The molecule has 0 saturated carbocycles. The number of nitrogens with one attached hydrogen (secondary N) is 1. The minimum Gasteiger partial charge on any atom is -0.459 e. The summed E-state index contributed by atoms with van der Waals surface area (Å²) in [5.74, 6) is -0.00469. The minimum absolute atomic E-state index is 0.0306. The van der Waals surface area contributed by atoms with Crippen LogP contribution in [0.4, 0.5) is 5.69 Å². The van der Waals surface area contributed by atoms with Crippen molar-refractivity contribution in [2.75, 3.05) is 4.90 Å². The smallest absolute Gasteiger partial charge is 0.287 e. The van der Waals surface area contributed by atoms with Gasteiger partial charge in [-0.05, 0) is 23.3 Å². The molecule has 0 atom stereocenters. The Bertz CT molecular complexity index is 947. The number of carbonyl (C=O) groups is 2. The molecule has 0 spiro atoms. The number of fused-ring (bicyclic) bond motifs is 1. The van der Waals surface area contributed by atoms with Crippen molar-refractivity contribution in [2.24, 2.45) is 0 Å². The molecular formula is C21H18N2O3. The molecule has 1 aromatic heterocycles. The summed E-state index contributed by atoms with van der Waals surface area (Å²) in [6.07, 6.45) is 1.88. The van der Waals surface area contributed by atoms with Crippen molar-refractivity contribution in [1.82, 2.24) is 5.32 Å². The molecule has 2 amide bonds. The molecule has 5 nitrogen and oxygen atoms in total. The van der Waals surface area contributed by atoms with Crippen molar-refractivity contribution in [1.29, 1.82) is 0 Å². The van der Waals surface area contributed by atoms with E-state index in [1.165, 1.54) is 6.26 Å². The van der Waals surface area contributed by atoms with Crippen LogP contribution in [-0.4, -0.2) is 11.8 Å². The van der Waals surface area contributed by atoms with Gasteiger partial charge in [-0.2, -0.15) is 0 Å². The molecule has 2 heterocycles. The molecule has 0 bridgehead atoms. The predicted molar refractivity (Wildman–Crippen MR) is 97.7 cm³/mol. The molecule has 130 valence electrons. The van der Waals surface area contributed by atoms with Gasteiger partial charge in [0.25, 0.3) is 5.91 Å². The summed E-state index contributed by atoms with van der Waals surface area (Å²) < 4.78 is 5.40. The van der Waals surface area contributed by atoms with Gasteiger partial charge in [-0.15, -0.1) is 0 Å². The van der Waals surface area contributed by atoms with E-state index in [1.807, 2.05) is 54.6 Å². The van der Waals surface area contributed by atoms with Crippen molar-refractivity contribution in [2.45, 2.75) is 19.5 Å². The van der Waals surface area contributed by atoms with Gasteiger partial charge in [-0.25, -0.2) is 0 Å². The van der Waals surface area contributed by atoms with E-state index >= 15 is 0 Å². The van der Waals surface area contributed by atoms with Crippen molar-refractivity contribution in [3.63, 3.8) is 0 Å². The molecule has 5 heteroatoms. The fraction of sp³-hybridized carbons (Fsp3) is 0.143. The van der Waals surface area contributed by atoms with E-state index in [2.05, 4.69) is 5.32 Å². The fourth-order valence-electron chi connectivity index (χ4n) is 3.18. The van der Waals surface area contributed by atoms with Crippen LogP contribution in [0.2, 0.25) is 0 Å². The average Bonchev–Trinajstić information content (AvgIpc) is 3.26. The zero-order valence-electron chi connectivity index (χ0n) is 14.1. The van der Waals surface area contributed by atoms with Gasteiger partial charge in [-0.1, -0.05) is 48.5 Å². The number of rotatable bonds is 5. The Kier molecular flexibility index (Phi) is 4.27. The summed E-state index contributed by atoms with van der Waals surface area (Å²) >= 11 is 0. The van der Waals surface area contributed by atoms with Crippen LogP contribution in [0, 0.1) is 0 Å². The van der Waals surface area contributed by atoms with Crippen LogP contribution in [0.3, 0.4) is 0 Å². The van der Waals surface area contributed by atoms with Gasteiger partial charge < -0.3 is 14.6 Å². The molecule has 0 aliphatic carbocycles. The highest BCUT2D eigenvalue weighted by Gasteiger charge is 2.28. The van der Waals surface area contributed by atoms with Crippen LogP contribution < -0.4 is 10.2 Å². The number of hydrogen-bond acceptors (Lipinski definition) is 3. The first-order chi connectivity index (χ1) is 12.7. The van der Waals surface area contributed by atoms with Crippen molar-refractivity contribution < 1.29 is 14.0 Å². The van der Waals surface area contributed by atoms with Gasteiger partial charge in [0.05, 0.1) is 19.2 Å². The van der Waals surface area contributed by atoms with Gasteiger partial charge in [0, 0.05) is 17.8 Å². The highest BCUT2D eigenvalue weighted by atomic mass is 16.3. The third-order valence-electron chi connectivity index (χ3n) is 4.50. The topological polar surface area (TPSA) is 62.6 Å². The second-order valence-electron chi connectivity index (χ2n) is 6.23. The van der Waals surface area contributed by atoms with Crippen LogP contribution in [0.5, 0.6) is 0 Å². The molecule has 0 radical (unpaired) electrons. The lowest BCUT2D eigenvalue weighted by molar-refractivity contribution is -0.117. The molecule has 1 aliphatic rings. The largest absolute Gasteiger partial charge is 0.459 e. The molecule has 1 N–H and O–H groups in total. The predicted octanol–water partition coefficient (Wildman–Crippen LogP) is 3.30. The summed E-state index contributed by atoms with van der Waals surface area (Å²) in [5, 5.41) is 2.86. The summed E-state index contributed by atoms with van der Waals surface area (Å²) in [5.41, 5.74) is 3.61. The number of para-hydroxylation sites is 1.